The van der Waals surface area contributed by atoms with Gasteiger partial charge in [-0.3, -0.25) is 4.90 Å². The van der Waals surface area contributed by atoms with Crippen molar-refractivity contribution in [2.45, 2.75) is 32.4 Å². The molecule has 3 aromatic rings. The van der Waals surface area contributed by atoms with Crippen LogP contribution in [0, 0.1) is 17.6 Å². The summed E-state index contributed by atoms with van der Waals surface area (Å²) in [5.74, 6) is -0.552. The van der Waals surface area contributed by atoms with Gasteiger partial charge in [0, 0.05) is 44.9 Å². The van der Waals surface area contributed by atoms with E-state index in [0.29, 0.717) is 31.5 Å². The van der Waals surface area contributed by atoms with Crippen LogP contribution in [0.5, 0.6) is 11.6 Å². The lowest BCUT2D eigenvalue weighted by Crippen LogP contribution is -2.36. The predicted molar refractivity (Wildman–Crippen MR) is 126 cm³/mol. The first-order valence-electron chi connectivity index (χ1n) is 11.7. The Kier molecular flexibility index (Phi) is 7.92. The molecule has 1 saturated carbocycles. The summed E-state index contributed by atoms with van der Waals surface area (Å²) in [7, 11) is 1.74. The molecular weight excluding hydrogens is 440 g/mol. The van der Waals surface area contributed by atoms with Gasteiger partial charge in [0.2, 0.25) is 5.88 Å². The van der Waals surface area contributed by atoms with E-state index in [0.717, 1.165) is 35.5 Å². The molecule has 1 heterocycles. The summed E-state index contributed by atoms with van der Waals surface area (Å²) in [6.07, 6.45) is 1.70. The molecule has 0 amide bonds. The lowest BCUT2D eigenvalue weighted by molar-refractivity contribution is 0.0186. The lowest BCUT2D eigenvalue weighted by Gasteiger charge is -2.25. The topological polar surface area (TPSA) is 59.8 Å². The first-order chi connectivity index (χ1) is 16.4. The SMILES string of the molecule is CCOC[C@H](O)CN(Cc1c(-c2ccccc2)nn(C)c1Oc1ccc(F)cc1F)CC1CC1. The highest BCUT2D eigenvalue weighted by Gasteiger charge is 2.29. The van der Waals surface area contributed by atoms with Gasteiger partial charge >= 0.3 is 0 Å². The van der Waals surface area contributed by atoms with Gasteiger partial charge in [0.05, 0.1) is 18.3 Å². The highest BCUT2D eigenvalue weighted by molar-refractivity contribution is 5.65. The monoisotopic (exact) mass is 471 g/mol. The molecule has 1 fully saturated rings. The van der Waals surface area contributed by atoms with E-state index in [9.17, 15) is 13.9 Å². The van der Waals surface area contributed by atoms with Crippen LogP contribution in [-0.2, 0) is 18.3 Å². The molecule has 0 saturated heterocycles. The van der Waals surface area contributed by atoms with Crippen molar-refractivity contribution in [3.63, 3.8) is 0 Å². The first kappa shape index (κ1) is 24.3. The first-order valence-corrected chi connectivity index (χ1v) is 11.7. The van der Waals surface area contributed by atoms with Crippen LogP contribution in [0.1, 0.15) is 25.3 Å². The van der Waals surface area contributed by atoms with Crippen LogP contribution in [0.2, 0.25) is 0 Å². The van der Waals surface area contributed by atoms with E-state index in [1.807, 2.05) is 37.3 Å². The summed E-state index contributed by atoms with van der Waals surface area (Å²) in [5.41, 5.74) is 2.41. The van der Waals surface area contributed by atoms with Crippen molar-refractivity contribution in [1.82, 2.24) is 14.7 Å². The predicted octanol–water partition coefficient (Wildman–Crippen LogP) is 4.77. The smallest absolute Gasteiger partial charge is 0.222 e. The number of rotatable bonds is 12. The number of aliphatic hydroxyl groups excluding tert-OH is 1. The minimum Gasteiger partial charge on any atom is -0.436 e. The summed E-state index contributed by atoms with van der Waals surface area (Å²) < 4.78 is 40.8. The Labute approximate surface area is 198 Å². The van der Waals surface area contributed by atoms with Gasteiger partial charge in [-0.15, -0.1) is 0 Å². The molecule has 6 nitrogen and oxygen atoms in total. The van der Waals surface area contributed by atoms with Gasteiger partial charge in [-0.2, -0.15) is 5.10 Å². The molecule has 8 heteroatoms. The number of aryl methyl sites for hydroxylation is 1. The molecule has 2 aromatic carbocycles. The molecule has 0 bridgehead atoms. The zero-order valence-corrected chi connectivity index (χ0v) is 19.6. The van der Waals surface area contributed by atoms with Crippen molar-refractivity contribution in [1.29, 1.82) is 0 Å². The zero-order chi connectivity index (χ0) is 24.1. The second kappa shape index (κ2) is 11.1. The molecular formula is C26H31F2N3O3. The molecule has 1 N–H and O–H groups in total. The molecule has 0 unspecified atom stereocenters. The largest absolute Gasteiger partial charge is 0.436 e. The van der Waals surface area contributed by atoms with Gasteiger partial charge in [0.15, 0.2) is 11.6 Å². The number of halogens is 2. The van der Waals surface area contributed by atoms with E-state index in [2.05, 4.69) is 10.00 Å². The van der Waals surface area contributed by atoms with Gasteiger partial charge in [-0.1, -0.05) is 30.3 Å². The van der Waals surface area contributed by atoms with Crippen LogP contribution in [0.15, 0.2) is 48.5 Å². The fourth-order valence-corrected chi connectivity index (χ4v) is 4.01. The van der Waals surface area contributed by atoms with E-state index in [4.69, 9.17) is 9.47 Å². The van der Waals surface area contributed by atoms with Crippen molar-refractivity contribution in [3.8, 4) is 22.9 Å². The Morgan fingerprint density at radius 3 is 2.62 bits per heavy atom. The van der Waals surface area contributed by atoms with Crippen LogP contribution >= 0.6 is 0 Å². The molecule has 0 aliphatic heterocycles. The molecule has 34 heavy (non-hydrogen) atoms. The number of hydrogen-bond donors (Lipinski definition) is 1. The fourth-order valence-electron chi connectivity index (χ4n) is 4.01. The Bertz CT molecular complexity index is 1090. The van der Waals surface area contributed by atoms with Gasteiger partial charge in [-0.05, 0) is 37.8 Å². The second-order valence-corrected chi connectivity index (χ2v) is 8.75. The number of hydrogen-bond acceptors (Lipinski definition) is 5. The van der Waals surface area contributed by atoms with Crippen LogP contribution in [0.4, 0.5) is 8.78 Å². The number of aromatic nitrogens is 2. The highest BCUT2D eigenvalue weighted by Crippen LogP contribution is 2.36. The quantitative estimate of drug-likeness (QED) is 0.413. The summed E-state index contributed by atoms with van der Waals surface area (Å²) in [5, 5.41) is 15.2. The molecule has 0 radical (unpaired) electrons. The molecule has 1 atom stereocenters. The van der Waals surface area contributed by atoms with Crippen molar-refractivity contribution >= 4 is 0 Å². The molecule has 1 aliphatic rings. The number of nitrogens with zero attached hydrogens (tertiary/aromatic N) is 3. The molecule has 1 aromatic heterocycles. The molecule has 182 valence electrons. The number of aliphatic hydroxyl groups is 1. The third-order valence-electron chi connectivity index (χ3n) is 5.81. The van der Waals surface area contributed by atoms with E-state index in [1.54, 1.807) is 11.7 Å². The zero-order valence-electron chi connectivity index (χ0n) is 19.6. The molecule has 4 rings (SSSR count). The average molecular weight is 472 g/mol. The average Bonchev–Trinajstić information content (AvgIpc) is 3.58. The summed E-state index contributed by atoms with van der Waals surface area (Å²) in [6, 6.07) is 13.0. The van der Waals surface area contributed by atoms with E-state index in [-0.39, 0.29) is 12.4 Å². The number of ether oxygens (including phenoxy) is 2. The van der Waals surface area contributed by atoms with Gasteiger partial charge in [0.1, 0.15) is 11.5 Å². The molecule has 1 aliphatic carbocycles. The second-order valence-electron chi connectivity index (χ2n) is 8.75. The Morgan fingerprint density at radius 2 is 1.94 bits per heavy atom. The van der Waals surface area contributed by atoms with Crippen LogP contribution in [-0.4, -0.2) is 52.2 Å². The standard InChI is InChI=1S/C26H31F2N3O3/c1-3-33-17-21(32)15-31(14-18-9-10-18)16-22-25(19-7-5-4-6-8-19)29-30(2)26(22)34-24-12-11-20(27)13-23(24)28/h4-8,11-13,18,21,32H,3,9-10,14-17H2,1-2H3/t21-/m1/s1. The fraction of sp³-hybridized carbons (Fsp3) is 0.423. The summed E-state index contributed by atoms with van der Waals surface area (Å²) >= 11 is 0. The van der Waals surface area contributed by atoms with Crippen LogP contribution in [0.3, 0.4) is 0 Å². The maximum Gasteiger partial charge on any atom is 0.222 e. The lowest BCUT2D eigenvalue weighted by atomic mass is 10.1. The third kappa shape index (κ3) is 6.20. The third-order valence-corrected chi connectivity index (χ3v) is 5.81. The van der Waals surface area contributed by atoms with E-state index in [1.165, 1.54) is 18.9 Å². The van der Waals surface area contributed by atoms with Gasteiger partial charge in [0.25, 0.3) is 0 Å². The van der Waals surface area contributed by atoms with Gasteiger partial charge in [-0.25, -0.2) is 13.5 Å². The van der Waals surface area contributed by atoms with Gasteiger partial charge < -0.3 is 14.6 Å². The van der Waals surface area contributed by atoms with Crippen LogP contribution < -0.4 is 4.74 Å². The molecule has 0 spiro atoms. The van der Waals surface area contributed by atoms with Crippen molar-refractivity contribution in [3.05, 3.63) is 65.7 Å². The Balaban J connectivity index is 1.68. The maximum absolute atomic E-state index is 14.4. The Morgan fingerprint density at radius 1 is 1.18 bits per heavy atom. The summed E-state index contributed by atoms with van der Waals surface area (Å²) in [4.78, 5) is 2.18. The van der Waals surface area contributed by atoms with Crippen molar-refractivity contribution < 1.29 is 23.4 Å². The maximum atomic E-state index is 14.4. The van der Waals surface area contributed by atoms with Crippen molar-refractivity contribution in [2.75, 3.05) is 26.3 Å². The minimum atomic E-state index is -0.782. The van der Waals surface area contributed by atoms with E-state index < -0.39 is 17.7 Å². The highest BCUT2D eigenvalue weighted by atomic mass is 19.1. The van der Waals surface area contributed by atoms with E-state index >= 15 is 0 Å². The number of benzene rings is 2. The minimum absolute atomic E-state index is 0.0737. The van der Waals surface area contributed by atoms with Crippen LogP contribution in [0.25, 0.3) is 11.3 Å². The normalized spacial score (nSPS) is 14.5. The Hall–Kier alpha value is -2.81. The van der Waals surface area contributed by atoms with Crippen molar-refractivity contribution in [2.24, 2.45) is 13.0 Å². The summed E-state index contributed by atoms with van der Waals surface area (Å²) in [6.45, 7) is 4.42.